The first-order valence-corrected chi connectivity index (χ1v) is 11.0. The first-order valence-electron chi connectivity index (χ1n) is 11.0. The summed E-state index contributed by atoms with van der Waals surface area (Å²) in [5.74, 6) is 3.78. The summed E-state index contributed by atoms with van der Waals surface area (Å²) in [5, 5.41) is 0. The van der Waals surface area contributed by atoms with Gasteiger partial charge in [-0.25, -0.2) is 0 Å². The third kappa shape index (κ3) is 6.65. The minimum absolute atomic E-state index is 0. The zero-order valence-corrected chi connectivity index (χ0v) is 24.0. The molecule has 0 aromatic heterocycles. The van der Waals surface area contributed by atoms with Crippen LogP contribution in [0.4, 0.5) is 0 Å². The van der Waals surface area contributed by atoms with Crippen molar-refractivity contribution in [3.63, 3.8) is 0 Å². The molecule has 0 aromatic carbocycles. The average Bonchev–Trinajstić information content (AvgIpc) is 2.48. The van der Waals surface area contributed by atoms with E-state index in [0.29, 0.717) is 0 Å². The number of nitrogens with zero attached hydrogens (tertiary/aromatic N) is 4. The van der Waals surface area contributed by atoms with E-state index < -0.39 is 0 Å². The Morgan fingerprint density at radius 3 is 1.25 bits per heavy atom. The summed E-state index contributed by atoms with van der Waals surface area (Å²) < 4.78 is 2.49. The molecule has 4 aliphatic heterocycles. The second-order valence-corrected chi connectivity index (χ2v) is 11.7. The Kier molecular flexibility index (Phi) is 10.0. The number of hydrogen-bond acceptors (Lipinski definition) is 2. The van der Waals surface area contributed by atoms with Gasteiger partial charge in [0, 0.05) is 48.8 Å². The molecule has 168 valence electrons. The summed E-state index contributed by atoms with van der Waals surface area (Å²) in [5.41, 5.74) is 0. The van der Waals surface area contributed by atoms with Crippen molar-refractivity contribution in [2.24, 2.45) is 23.7 Å². The van der Waals surface area contributed by atoms with Crippen LogP contribution in [0.2, 0.25) is 0 Å². The third-order valence-corrected chi connectivity index (χ3v) is 8.08. The molecule has 4 fully saturated rings. The highest BCUT2D eigenvalue weighted by atomic mass is 127. The Bertz CT molecular complexity index is 451. The predicted molar refractivity (Wildman–Crippen MR) is 111 cm³/mol. The van der Waals surface area contributed by atoms with Crippen molar-refractivity contribution in [2.45, 2.75) is 38.8 Å². The Labute approximate surface area is 209 Å². The Hall–Kier alpha value is 1.30. The monoisotopic (exact) mass is 620 g/mol. The van der Waals surface area contributed by atoms with Gasteiger partial charge >= 0.3 is 0 Å². The quantitative estimate of drug-likeness (QED) is 0.202. The Morgan fingerprint density at radius 1 is 0.607 bits per heavy atom. The van der Waals surface area contributed by atoms with Crippen LogP contribution in [0.3, 0.4) is 0 Å². The molecule has 4 aliphatic rings. The van der Waals surface area contributed by atoms with Crippen LogP contribution in [0, 0.1) is 23.7 Å². The SMILES string of the molecule is C[C@@H]1[C@H]2C[C@@H](CN1C)C[N+](C)(C)C2.C[C@@H]1[C@H]2C[C@@H](CN1C)C[N+](C)(C)C2.[I-].[I-]. The van der Waals surface area contributed by atoms with E-state index in [-0.39, 0.29) is 48.0 Å². The molecular weight excluding hydrogens is 574 g/mol. The van der Waals surface area contributed by atoms with E-state index in [4.69, 9.17) is 0 Å². The lowest BCUT2D eigenvalue weighted by molar-refractivity contribution is -0.903. The molecule has 6 heteroatoms. The van der Waals surface area contributed by atoms with E-state index in [0.717, 1.165) is 35.8 Å². The highest BCUT2D eigenvalue weighted by Crippen LogP contribution is 2.34. The van der Waals surface area contributed by atoms with Crippen LogP contribution in [-0.2, 0) is 0 Å². The molecular formula is C22H46I2N4. The molecule has 0 amide bonds. The van der Waals surface area contributed by atoms with Gasteiger partial charge in [0.25, 0.3) is 0 Å². The van der Waals surface area contributed by atoms with Gasteiger partial charge in [-0.05, 0) is 40.8 Å². The lowest BCUT2D eigenvalue weighted by Gasteiger charge is -2.50. The predicted octanol–water partition coefficient (Wildman–Crippen LogP) is -3.93. The molecule has 4 saturated heterocycles. The normalized spacial score (nSPS) is 41.6. The van der Waals surface area contributed by atoms with Gasteiger partial charge in [0.05, 0.1) is 54.4 Å². The molecule has 4 heterocycles. The fraction of sp³-hybridized carbons (Fsp3) is 1.00. The second kappa shape index (κ2) is 10.3. The van der Waals surface area contributed by atoms with E-state index in [1.807, 2.05) is 0 Å². The highest BCUT2D eigenvalue weighted by Gasteiger charge is 2.43. The summed E-state index contributed by atoms with van der Waals surface area (Å²) in [6.45, 7) is 12.9. The summed E-state index contributed by atoms with van der Waals surface area (Å²) >= 11 is 0. The van der Waals surface area contributed by atoms with Crippen molar-refractivity contribution in [1.82, 2.24) is 9.80 Å². The first-order chi connectivity index (χ1) is 12.0. The maximum absolute atomic E-state index is 2.55. The smallest absolute Gasteiger partial charge is 0.0826 e. The van der Waals surface area contributed by atoms with Crippen LogP contribution in [0.15, 0.2) is 0 Å². The van der Waals surface area contributed by atoms with Crippen LogP contribution < -0.4 is 48.0 Å². The summed E-state index contributed by atoms with van der Waals surface area (Å²) in [6, 6.07) is 1.60. The van der Waals surface area contributed by atoms with Crippen molar-refractivity contribution in [2.75, 3.05) is 81.6 Å². The highest BCUT2D eigenvalue weighted by molar-refractivity contribution is 4.87. The number of likely N-dealkylation sites (tertiary alicyclic amines) is 4. The van der Waals surface area contributed by atoms with Gasteiger partial charge in [-0.2, -0.15) is 0 Å². The number of quaternary nitrogens is 2. The van der Waals surface area contributed by atoms with Gasteiger partial charge in [0.2, 0.25) is 0 Å². The fourth-order valence-electron chi connectivity index (χ4n) is 6.80. The van der Waals surface area contributed by atoms with Crippen LogP contribution >= 0.6 is 0 Å². The van der Waals surface area contributed by atoms with E-state index >= 15 is 0 Å². The van der Waals surface area contributed by atoms with Crippen LogP contribution in [0.25, 0.3) is 0 Å². The van der Waals surface area contributed by atoms with E-state index in [1.54, 1.807) is 0 Å². The summed E-state index contributed by atoms with van der Waals surface area (Å²) in [4.78, 5) is 5.11. The van der Waals surface area contributed by atoms with Gasteiger partial charge in [0.1, 0.15) is 0 Å². The molecule has 4 nitrogen and oxygen atoms in total. The molecule has 0 saturated carbocycles. The van der Waals surface area contributed by atoms with Crippen molar-refractivity contribution < 1.29 is 56.9 Å². The minimum Gasteiger partial charge on any atom is -1.00 e. The van der Waals surface area contributed by atoms with Gasteiger partial charge in [-0.3, -0.25) is 0 Å². The molecule has 0 N–H and O–H groups in total. The molecule has 4 bridgehead atoms. The van der Waals surface area contributed by atoms with E-state index in [1.165, 1.54) is 61.1 Å². The molecule has 0 spiro atoms. The maximum atomic E-state index is 2.55. The molecule has 6 atom stereocenters. The van der Waals surface area contributed by atoms with Crippen molar-refractivity contribution in [3.8, 4) is 0 Å². The van der Waals surface area contributed by atoms with Gasteiger partial charge in [-0.1, -0.05) is 0 Å². The molecule has 0 unspecified atom stereocenters. The number of hydrogen-bond donors (Lipinski definition) is 0. The zero-order valence-electron chi connectivity index (χ0n) is 19.7. The first kappa shape index (κ1) is 27.3. The van der Waals surface area contributed by atoms with Crippen LogP contribution in [-0.4, -0.2) is 112 Å². The average molecular weight is 620 g/mol. The lowest BCUT2D eigenvalue weighted by Crippen LogP contribution is -3.00. The van der Waals surface area contributed by atoms with Crippen molar-refractivity contribution in [1.29, 1.82) is 0 Å². The number of piperidine rings is 4. The molecule has 28 heavy (non-hydrogen) atoms. The second-order valence-electron chi connectivity index (χ2n) is 11.7. The topological polar surface area (TPSA) is 6.48 Å². The largest absolute Gasteiger partial charge is 1.00 e. The van der Waals surface area contributed by atoms with E-state index in [2.05, 4.69) is 65.9 Å². The molecule has 0 aliphatic carbocycles. The molecule has 0 radical (unpaired) electrons. The summed E-state index contributed by atoms with van der Waals surface area (Å²) in [7, 11) is 14.1. The third-order valence-electron chi connectivity index (χ3n) is 8.08. The number of rotatable bonds is 0. The zero-order chi connectivity index (χ0) is 19.3. The van der Waals surface area contributed by atoms with Gasteiger partial charge in [0.15, 0.2) is 0 Å². The summed E-state index contributed by atoms with van der Waals surface area (Å²) in [6.07, 6.45) is 2.96. The lowest BCUT2D eigenvalue weighted by atomic mass is 9.79. The Balaban J connectivity index is 0.000000261. The van der Waals surface area contributed by atoms with Crippen molar-refractivity contribution >= 4 is 0 Å². The maximum Gasteiger partial charge on any atom is 0.0826 e. The van der Waals surface area contributed by atoms with Crippen molar-refractivity contribution in [3.05, 3.63) is 0 Å². The molecule has 0 aromatic rings. The molecule has 4 rings (SSSR count). The number of fused-ring (bicyclic) bond motifs is 4. The van der Waals surface area contributed by atoms with Crippen LogP contribution in [0.1, 0.15) is 26.7 Å². The Morgan fingerprint density at radius 2 is 0.929 bits per heavy atom. The van der Waals surface area contributed by atoms with E-state index in [9.17, 15) is 0 Å². The number of halogens is 2. The fourth-order valence-corrected chi connectivity index (χ4v) is 6.80. The van der Waals surface area contributed by atoms with Gasteiger partial charge in [-0.15, -0.1) is 0 Å². The van der Waals surface area contributed by atoms with Crippen LogP contribution in [0.5, 0.6) is 0 Å². The standard InChI is InChI=1S/2C11H23N2.2HI/c2*1-9-11-5-10(6-12(9)2)7-13(3,4)8-11;;/h2*9-11H,5-8H2,1-4H3;2*1H/q2*+1;;/p-2/t2*9-,10+,11+;;/m11../s1. The minimum atomic E-state index is 0. The van der Waals surface area contributed by atoms with Gasteiger partial charge < -0.3 is 66.7 Å².